The lowest BCUT2D eigenvalue weighted by Gasteiger charge is -2.22. The molecule has 1 atom stereocenters. The molecule has 1 amide bonds. The highest BCUT2D eigenvalue weighted by atomic mass is 16.5. The molecule has 1 aliphatic heterocycles. The van der Waals surface area contributed by atoms with Gasteiger partial charge in [0.25, 0.3) is 0 Å². The summed E-state index contributed by atoms with van der Waals surface area (Å²) >= 11 is 0. The second-order valence-electron chi connectivity index (χ2n) is 6.36. The number of carbonyl (C=O) groups excluding carboxylic acids is 1. The summed E-state index contributed by atoms with van der Waals surface area (Å²) in [5.74, 6) is 0.108. The molecule has 1 heterocycles. The van der Waals surface area contributed by atoms with Crippen molar-refractivity contribution in [2.24, 2.45) is 0 Å². The van der Waals surface area contributed by atoms with Gasteiger partial charge in [-0.1, -0.05) is 54.6 Å². The van der Waals surface area contributed by atoms with Crippen molar-refractivity contribution in [3.05, 3.63) is 60.2 Å². The normalized spacial score (nSPS) is 17.4. The molecule has 0 spiro atoms. The topological polar surface area (TPSA) is 38.3 Å². The van der Waals surface area contributed by atoms with Crippen molar-refractivity contribution in [3.8, 4) is 11.1 Å². The number of amides is 1. The van der Waals surface area contributed by atoms with Gasteiger partial charge >= 0.3 is 0 Å². The number of aryl methyl sites for hydroxylation is 1. The minimum Gasteiger partial charge on any atom is -0.376 e. The number of nitrogens with one attached hydrogen (secondary N) is 1. The molecule has 2 aromatic rings. The van der Waals surface area contributed by atoms with Gasteiger partial charge in [0.2, 0.25) is 5.91 Å². The third kappa shape index (κ3) is 4.93. The molecule has 0 saturated carbocycles. The Kier molecular flexibility index (Phi) is 6.02. The van der Waals surface area contributed by atoms with Crippen LogP contribution in [0.3, 0.4) is 0 Å². The zero-order chi connectivity index (χ0) is 16.6. The van der Waals surface area contributed by atoms with E-state index in [1.165, 1.54) is 23.1 Å². The lowest BCUT2D eigenvalue weighted by molar-refractivity contribution is -0.122. The molecule has 0 aromatic heterocycles. The number of hydrogen-bond donors (Lipinski definition) is 1. The van der Waals surface area contributed by atoms with E-state index in [2.05, 4.69) is 41.7 Å². The maximum Gasteiger partial charge on any atom is 0.220 e. The van der Waals surface area contributed by atoms with Crippen LogP contribution in [0, 0.1) is 0 Å². The molecule has 0 bridgehead atoms. The first-order valence-corrected chi connectivity index (χ1v) is 8.84. The third-order valence-electron chi connectivity index (χ3n) is 4.50. The third-order valence-corrected chi connectivity index (χ3v) is 4.50. The van der Waals surface area contributed by atoms with Gasteiger partial charge in [-0.2, -0.15) is 0 Å². The average Bonchev–Trinajstić information content (AvgIpc) is 2.67. The highest BCUT2D eigenvalue weighted by molar-refractivity contribution is 5.76. The van der Waals surface area contributed by atoms with Gasteiger partial charge in [0.15, 0.2) is 0 Å². The monoisotopic (exact) mass is 323 g/mol. The second kappa shape index (κ2) is 8.65. The molecular formula is C21H25NO2. The van der Waals surface area contributed by atoms with Crippen LogP contribution >= 0.6 is 0 Å². The Bertz CT molecular complexity index is 631. The first-order chi connectivity index (χ1) is 11.8. The van der Waals surface area contributed by atoms with Crippen molar-refractivity contribution in [3.63, 3.8) is 0 Å². The minimum atomic E-state index is 0.108. The summed E-state index contributed by atoms with van der Waals surface area (Å²) < 4.78 is 5.63. The summed E-state index contributed by atoms with van der Waals surface area (Å²) in [4.78, 5) is 12.0. The molecule has 1 fully saturated rings. The largest absolute Gasteiger partial charge is 0.376 e. The zero-order valence-corrected chi connectivity index (χ0v) is 14.0. The minimum absolute atomic E-state index is 0.108. The number of carbonyl (C=O) groups is 1. The molecular weight excluding hydrogens is 298 g/mol. The molecule has 3 nitrogen and oxygen atoms in total. The van der Waals surface area contributed by atoms with E-state index in [9.17, 15) is 4.79 Å². The SMILES string of the molecule is O=C(CCc1ccc(-c2ccccc2)cc1)NCC1CCCCO1. The van der Waals surface area contributed by atoms with Crippen LogP contribution in [-0.2, 0) is 16.0 Å². The van der Waals surface area contributed by atoms with Crippen LogP contribution in [0.15, 0.2) is 54.6 Å². The predicted molar refractivity (Wildman–Crippen MR) is 96.8 cm³/mol. The van der Waals surface area contributed by atoms with Gasteiger partial charge in [0, 0.05) is 19.6 Å². The highest BCUT2D eigenvalue weighted by Gasteiger charge is 2.14. The predicted octanol–water partition coefficient (Wildman–Crippen LogP) is 3.97. The van der Waals surface area contributed by atoms with Gasteiger partial charge in [-0.15, -0.1) is 0 Å². The average molecular weight is 323 g/mol. The smallest absolute Gasteiger partial charge is 0.220 e. The van der Waals surface area contributed by atoms with Crippen molar-refractivity contribution in [2.45, 2.75) is 38.2 Å². The Morgan fingerprint density at radius 1 is 1.00 bits per heavy atom. The maximum atomic E-state index is 12.0. The summed E-state index contributed by atoms with van der Waals surface area (Å²) in [6.45, 7) is 1.47. The first-order valence-electron chi connectivity index (χ1n) is 8.84. The van der Waals surface area contributed by atoms with E-state index in [1.807, 2.05) is 18.2 Å². The Morgan fingerprint density at radius 3 is 2.46 bits per heavy atom. The lowest BCUT2D eigenvalue weighted by Crippen LogP contribution is -2.35. The van der Waals surface area contributed by atoms with Crippen molar-refractivity contribution in [1.82, 2.24) is 5.32 Å². The summed E-state index contributed by atoms with van der Waals surface area (Å²) in [6.07, 6.45) is 4.90. The number of rotatable bonds is 6. The summed E-state index contributed by atoms with van der Waals surface area (Å²) in [7, 11) is 0. The van der Waals surface area contributed by atoms with Crippen LogP contribution in [-0.4, -0.2) is 25.2 Å². The van der Waals surface area contributed by atoms with E-state index in [0.29, 0.717) is 13.0 Å². The Labute approximate surface area is 144 Å². The van der Waals surface area contributed by atoms with Crippen LogP contribution in [0.2, 0.25) is 0 Å². The van der Waals surface area contributed by atoms with Crippen LogP contribution in [0.25, 0.3) is 11.1 Å². The van der Waals surface area contributed by atoms with E-state index in [1.54, 1.807) is 0 Å². The molecule has 0 aliphatic carbocycles. The van der Waals surface area contributed by atoms with Crippen molar-refractivity contribution < 1.29 is 9.53 Å². The van der Waals surface area contributed by atoms with E-state index in [0.717, 1.165) is 25.9 Å². The Morgan fingerprint density at radius 2 is 1.75 bits per heavy atom. The Balaban J connectivity index is 1.43. The molecule has 1 saturated heterocycles. The van der Waals surface area contributed by atoms with E-state index in [4.69, 9.17) is 4.74 Å². The molecule has 3 heteroatoms. The summed E-state index contributed by atoms with van der Waals surface area (Å²) in [5, 5.41) is 3.00. The zero-order valence-electron chi connectivity index (χ0n) is 14.0. The van der Waals surface area contributed by atoms with Crippen molar-refractivity contribution in [2.75, 3.05) is 13.2 Å². The molecule has 2 aromatic carbocycles. The van der Waals surface area contributed by atoms with E-state index in [-0.39, 0.29) is 12.0 Å². The van der Waals surface area contributed by atoms with Gasteiger partial charge < -0.3 is 10.1 Å². The van der Waals surface area contributed by atoms with Gasteiger partial charge in [-0.3, -0.25) is 4.79 Å². The van der Waals surface area contributed by atoms with Gasteiger partial charge in [-0.05, 0) is 42.4 Å². The van der Waals surface area contributed by atoms with Crippen LogP contribution < -0.4 is 5.32 Å². The molecule has 1 unspecified atom stereocenters. The van der Waals surface area contributed by atoms with Crippen LogP contribution in [0.5, 0.6) is 0 Å². The van der Waals surface area contributed by atoms with Gasteiger partial charge in [0.1, 0.15) is 0 Å². The van der Waals surface area contributed by atoms with Gasteiger partial charge in [0.05, 0.1) is 6.10 Å². The standard InChI is InChI=1S/C21H25NO2/c23-21(22-16-20-8-4-5-15-24-20)14-11-17-9-12-19(13-10-17)18-6-2-1-3-7-18/h1-3,6-7,9-10,12-13,20H,4-5,8,11,14-16H2,(H,22,23). The number of benzene rings is 2. The summed E-state index contributed by atoms with van der Waals surface area (Å²) in [6, 6.07) is 18.8. The second-order valence-corrected chi connectivity index (χ2v) is 6.36. The lowest BCUT2D eigenvalue weighted by atomic mass is 10.0. The fourth-order valence-corrected chi connectivity index (χ4v) is 3.04. The van der Waals surface area contributed by atoms with Crippen molar-refractivity contribution >= 4 is 5.91 Å². The molecule has 1 aliphatic rings. The Hall–Kier alpha value is -2.13. The molecule has 24 heavy (non-hydrogen) atoms. The van der Waals surface area contributed by atoms with E-state index < -0.39 is 0 Å². The maximum absolute atomic E-state index is 12.0. The molecule has 1 N–H and O–H groups in total. The van der Waals surface area contributed by atoms with Crippen molar-refractivity contribution in [1.29, 1.82) is 0 Å². The van der Waals surface area contributed by atoms with Gasteiger partial charge in [-0.25, -0.2) is 0 Å². The number of ether oxygens (including phenoxy) is 1. The summed E-state index contributed by atoms with van der Waals surface area (Å²) in [5.41, 5.74) is 3.62. The first kappa shape index (κ1) is 16.7. The van der Waals surface area contributed by atoms with Crippen LogP contribution in [0.1, 0.15) is 31.2 Å². The van der Waals surface area contributed by atoms with Crippen LogP contribution in [0.4, 0.5) is 0 Å². The van der Waals surface area contributed by atoms with E-state index >= 15 is 0 Å². The fraction of sp³-hybridized carbons (Fsp3) is 0.381. The fourth-order valence-electron chi connectivity index (χ4n) is 3.04. The molecule has 126 valence electrons. The number of hydrogen-bond acceptors (Lipinski definition) is 2. The molecule has 0 radical (unpaired) electrons. The molecule has 3 rings (SSSR count). The highest BCUT2D eigenvalue weighted by Crippen LogP contribution is 2.19. The quantitative estimate of drug-likeness (QED) is 0.873.